The Bertz CT molecular complexity index is 351. The Kier molecular flexibility index (Phi) is 4.66. The molecule has 88 valence electrons. The second kappa shape index (κ2) is 5.58. The van der Waals surface area contributed by atoms with Gasteiger partial charge in [-0.15, -0.1) is 0 Å². The summed E-state index contributed by atoms with van der Waals surface area (Å²) in [6, 6.07) is 3.97. The molecule has 0 aliphatic carbocycles. The minimum Gasteiger partial charge on any atom is -0.299 e. The molecule has 0 N–H and O–H groups in total. The van der Waals surface area contributed by atoms with Crippen molar-refractivity contribution in [2.24, 2.45) is 5.41 Å². The molecule has 0 bridgehead atoms. The maximum Gasteiger partial charge on any atom is 0.138 e. The Morgan fingerprint density at radius 3 is 2.56 bits per heavy atom. The van der Waals surface area contributed by atoms with Crippen molar-refractivity contribution in [2.45, 2.75) is 40.0 Å². The van der Waals surface area contributed by atoms with Gasteiger partial charge in [0.15, 0.2) is 0 Å². The maximum atomic E-state index is 11.7. The predicted octanol–water partition coefficient (Wildman–Crippen LogP) is 3.78. The van der Waals surface area contributed by atoms with Gasteiger partial charge in [0.25, 0.3) is 0 Å². The van der Waals surface area contributed by atoms with E-state index >= 15 is 0 Å². The van der Waals surface area contributed by atoms with Gasteiger partial charge in [0.05, 0.1) is 0 Å². The monoisotopic (exact) mass is 283 g/mol. The molecule has 0 aromatic carbocycles. The molecule has 1 aromatic heterocycles. The average Bonchev–Trinajstić information content (AvgIpc) is 2.19. The normalized spacial score (nSPS) is 11.5. The van der Waals surface area contributed by atoms with Crippen LogP contribution in [0.5, 0.6) is 0 Å². The second-order valence-electron chi connectivity index (χ2n) is 4.99. The first-order chi connectivity index (χ1) is 7.39. The molecule has 1 aromatic rings. The van der Waals surface area contributed by atoms with Crippen molar-refractivity contribution < 1.29 is 4.79 Å². The van der Waals surface area contributed by atoms with Crippen molar-refractivity contribution in [3.05, 3.63) is 28.5 Å². The van der Waals surface area contributed by atoms with Gasteiger partial charge in [0.1, 0.15) is 5.78 Å². The molecule has 1 heterocycles. The molecule has 0 atom stereocenters. The highest BCUT2D eigenvalue weighted by Gasteiger charge is 2.20. The molecule has 0 radical (unpaired) electrons. The summed E-state index contributed by atoms with van der Waals surface area (Å²) in [7, 11) is 0. The highest BCUT2D eigenvalue weighted by Crippen LogP contribution is 2.18. The standard InChI is InChI=1S/C13H18BrNO/c1-13(2,3)12(16)6-4-5-11-8-7-10(14)9-15-11/h7-9H,4-6H2,1-3H3. The van der Waals surface area contributed by atoms with Crippen LogP contribution in [0.3, 0.4) is 0 Å². The number of carbonyl (C=O) groups is 1. The van der Waals surface area contributed by atoms with E-state index in [1.54, 1.807) is 6.20 Å². The number of aryl methyl sites for hydroxylation is 1. The third kappa shape index (κ3) is 4.44. The first-order valence-corrected chi connectivity index (χ1v) is 6.32. The summed E-state index contributed by atoms with van der Waals surface area (Å²) in [4.78, 5) is 16.0. The summed E-state index contributed by atoms with van der Waals surface area (Å²) >= 11 is 3.35. The van der Waals surface area contributed by atoms with E-state index < -0.39 is 0 Å². The van der Waals surface area contributed by atoms with E-state index in [9.17, 15) is 4.79 Å². The van der Waals surface area contributed by atoms with Gasteiger partial charge < -0.3 is 0 Å². The van der Waals surface area contributed by atoms with Gasteiger partial charge >= 0.3 is 0 Å². The Morgan fingerprint density at radius 2 is 2.06 bits per heavy atom. The molecule has 0 amide bonds. The van der Waals surface area contributed by atoms with Crippen LogP contribution in [0.15, 0.2) is 22.8 Å². The lowest BCUT2D eigenvalue weighted by Gasteiger charge is -2.15. The van der Waals surface area contributed by atoms with Gasteiger partial charge in [-0.25, -0.2) is 0 Å². The van der Waals surface area contributed by atoms with Gasteiger partial charge in [0.2, 0.25) is 0 Å². The zero-order valence-electron chi connectivity index (χ0n) is 10.1. The molecule has 1 rings (SSSR count). The predicted molar refractivity (Wildman–Crippen MR) is 69.3 cm³/mol. The molecule has 0 aliphatic rings. The zero-order chi connectivity index (χ0) is 12.2. The largest absolute Gasteiger partial charge is 0.299 e. The van der Waals surface area contributed by atoms with Crippen LogP contribution in [-0.2, 0) is 11.2 Å². The van der Waals surface area contributed by atoms with Gasteiger partial charge in [-0.2, -0.15) is 0 Å². The molecule has 3 heteroatoms. The smallest absolute Gasteiger partial charge is 0.138 e. The average molecular weight is 284 g/mol. The second-order valence-corrected chi connectivity index (χ2v) is 5.91. The molecule has 0 aliphatic heterocycles. The lowest BCUT2D eigenvalue weighted by molar-refractivity contribution is -0.126. The minimum absolute atomic E-state index is 0.215. The van der Waals surface area contributed by atoms with E-state index in [0.29, 0.717) is 12.2 Å². The summed E-state index contributed by atoms with van der Waals surface area (Å²) in [5.41, 5.74) is 0.831. The van der Waals surface area contributed by atoms with Crippen molar-refractivity contribution in [1.29, 1.82) is 0 Å². The van der Waals surface area contributed by atoms with Gasteiger partial charge in [-0.1, -0.05) is 20.8 Å². The third-order valence-electron chi connectivity index (χ3n) is 2.46. The van der Waals surface area contributed by atoms with Crippen molar-refractivity contribution in [3.8, 4) is 0 Å². The van der Waals surface area contributed by atoms with Gasteiger partial charge in [-0.3, -0.25) is 9.78 Å². The number of halogens is 1. The van der Waals surface area contributed by atoms with Crippen molar-refractivity contribution in [2.75, 3.05) is 0 Å². The first-order valence-electron chi connectivity index (χ1n) is 5.53. The van der Waals surface area contributed by atoms with Crippen LogP contribution < -0.4 is 0 Å². The van der Waals surface area contributed by atoms with Gasteiger partial charge in [-0.05, 0) is 40.9 Å². The number of Topliss-reactive ketones (excluding diaryl/α,β-unsaturated/α-hetero) is 1. The fourth-order valence-electron chi connectivity index (χ4n) is 1.36. The first kappa shape index (κ1) is 13.4. The van der Waals surface area contributed by atoms with Crippen LogP contribution in [0.4, 0.5) is 0 Å². The lowest BCUT2D eigenvalue weighted by atomic mass is 9.88. The third-order valence-corrected chi connectivity index (χ3v) is 2.93. The number of rotatable bonds is 4. The zero-order valence-corrected chi connectivity index (χ0v) is 11.7. The number of nitrogens with zero attached hydrogens (tertiary/aromatic N) is 1. The summed E-state index contributed by atoms with van der Waals surface area (Å²) in [5, 5.41) is 0. The Labute approximate surface area is 106 Å². The van der Waals surface area contributed by atoms with Crippen molar-refractivity contribution in [1.82, 2.24) is 4.98 Å². The molecule has 0 fully saturated rings. The quantitative estimate of drug-likeness (QED) is 0.842. The van der Waals surface area contributed by atoms with Crippen molar-refractivity contribution >= 4 is 21.7 Å². The Morgan fingerprint density at radius 1 is 1.38 bits per heavy atom. The number of hydrogen-bond donors (Lipinski definition) is 0. The molecule has 2 nitrogen and oxygen atoms in total. The molecular weight excluding hydrogens is 266 g/mol. The molecule has 0 unspecified atom stereocenters. The molecular formula is C13H18BrNO. The maximum absolute atomic E-state index is 11.7. The number of pyridine rings is 1. The summed E-state index contributed by atoms with van der Waals surface area (Å²) in [6.07, 6.45) is 4.18. The fraction of sp³-hybridized carbons (Fsp3) is 0.538. The van der Waals surface area contributed by atoms with E-state index in [1.807, 2.05) is 32.9 Å². The van der Waals surface area contributed by atoms with Crippen LogP contribution >= 0.6 is 15.9 Å². The topological polar surface area (TPSA) is 30.0 Å². The van der Waals surface area contributed by atoms with Crippen LogP contribution in [-0.4, -0.2) is 10.8 Å². The molecule has 0 spiro atoms. The summed E-state index contributed by atoms with van der Waals surface area (Å²) in [6.45, 7) is 5.90. The van der Waals surface area contributed by atoms with Crippen LogP contribution in [0.1, 0.15) is 39.3 Å². The van der Waals surface area contributed by atoms with Crippen molar-refractivity contribution in [3.63, 3.8) is 0 Å². The van der Waals surface area contributed by atoms with E-state index in [2.05, 4.69) is 20.9 Å². The Balaban J connectivity index is 2.36. The highest BCUT2D eigenvalue weighted by atomic mass is 79.9. The number of ketones is 1. The SMILES string of the molecule is CC(C)(C)C(=O)CCCc1ccc(Br)cn1. The van der Waals surface area contributed by atoms with Crippen LogP contribution in [0.2, 0.25) is 0 Å². The molecule has 16 heavy (non-hydrogen) atoms. The molecule has 0 saturated carbocycles. The summed E-state index contributed by atoms with van der Waals surface area (Å²) < 4.78 is 0.988. The van der Waals surface area contributed by atoms with Crippen LogP contribution in [0.25, 0.3) is 0 Å². The van der Waals surface area contributed by atoms with E-state index in [4.69, 9.17) is 0 Å². The minimum atomic E-state index is -0.215. The lowest BCUT2D eigenvalue weighted by Crippen LogP contribution is -2.19. The fourth-order valence-corrected chi connectivity index (χ4v) is 1.59. The number of hydrogen-bond acceptors (Lipinski definition) is 2. The number of aromatic nitrogens is 1. The van der Waals surface area contributed by atoms with Crippen LogP contribution in [0, 0.1) is 5.41 Å². The van der Waals surface area contributed by atoms with E-state index in [0.717, 1.165) is 23.0 Å². The summed E-state index contributed by atoms with van der Waals surface area (Å²) in [5.74, 6) is 0.324. The highest BCUT2D eigenvalue weighted by molar-refractivity contribution is 9.10. The molecule has 0 saturated heterocycles. The van der Waals surface area contributed by atoms with Gasteiger partial charge in [0, 0.05) is 28.2 Å². The Hall–Kier alpha value is -0.700. The van der Waals surface area contributed by atoms with E-state index in [-0.39, 0.29) is 5.41 Å². The van der Waals surface area contributed by atoms with E-state index in [1.165, 1.54) is 0 Å². The number of carbonyl (C=O) groups excluding carboxylic acids is 1.